The van der Waals surface area contributed by atoms with Crippen molar-refractivity contribution in [1.29, 1.82) is 0 Å². The minimum Gasteiger partial charge on any atom is -0.366 e. The molecule has 0 amide bonds. The van der Waals surface area contributed by atoms with E-state index >= 15 is 0 Å². The van der Waals surface area contributed by atoms with Crippen LogP contribution in [0.1, 0.15) is 62.3 Å². The number of halogens is 2. The summed E-state index contributed by atoms with van der Waals surface area (Å²) in [5, 5.41) is 5.69. The SMILES string of the molecule is CC(C)c1cccc(N2CCN(Cc3c(-c4c(Cl)cccc4Cl)noc3C3CC3)C[C@@H]2C)c1. The molecule has 1 aromatic heterocycles. The van der Waals surface area contributed by atoms with Gasteiger partial charge in [-0.15, -0.1) is 0 Å². The Morgan fingerprint density at radius 2 is 1.79 bits per heavy atom. The average Bonchev–Trinajstić information content (AvgIpc) is 3.56. The Balaban J connectivity index is 1.38. The largest absolute Gasteiger partial charge is 0.366 e. The van der Waals surface area contributed by atoms with Gasteiger partial charge in [-0.2, -0.15) is 0 Å². The highest BCUT2D eigenvalue weighted by Crippen LogP contribution is 2.46. The van der Waals surface area contributed by atoms with Crippen LogP contribution in [0.4, 0.5) is 5.69 Å². The van der Waals surface area contributed by atoms with Gasteiger partial charge in [-0.05, 0) is 55.5 Å². The Morgan fingerprint density at radius 1 is 1.06 bits per heavy atom. The fraction of sp³-hybridized carbons (Fsp3) is 0.444. The van der Waals surface area contributed by atoms with Gasteiger partial charge < -0.3 is 9.42 Å². The number of hydrogen-bond donors (Lipinski definition) is 0. The van der Waals surface area contributed by atoms with Crippen molar-refractivity contribution in [2.45, 2.75) is 58.0 Å². The Hall–Kier alpha value is -2.01. The molecule has 6 heteroatoms. The molecule has 0 bridgehead atoms. The first kappa shape index (κ1) is 22.8. The number of anilines is 1. The maximum Gasteiger partial charge on any atom is 0.144 e. The number of aromatic nitrogens is 1. The van der Waals surface area contributed by atoms with E-state index in [-0.39, 0.29) is 0 Å². The average molecular weight is 484 g/mol. The lowest BCUT2D eigenvalue weighted by Crippen LogP contribution is -2.51. The van der Waals surface area contributed by atoms with Crippen LogP contribution >= 0.6 is 23.2 Å². The van der Waals surface area contributed by atoms with E-state index in [1.165, 1.54) is 11.3 Å². The van der Waals surface area contributed by atoms with Crippen molar-refractivity contribution in [3.63, 3.8) is 0 Å². The summed E-state index contributed by atoms with van der Waals surface area (Å²) in [4.78, 5) is 5.05. The van der Waals surface area contributed by atoms with Gasteiger partial charge in [-0.25, -0.2) is 0 Å². The molecule has 33 heavy (non-hydrogen) atoms. The molecular weight excluding hydrogens is 453 g/mol. The van der Waals surface area contributed by atoms with Crippen LogP contribution in [0.2, 0.25) is 10.0 Å². The first-order chi connectivity index (χ1) is 15.9. The van der Waals surface area contributed by atoms with E-state index in [4.69, 9.17) is 27.7 Å². The summed E-state index contributed by atoms with van der Waals surface area (Å²) in [7, 11) is 0. The molecule has 1 saturated carbocycles. The smallest absolute Gasteiger partial charge is 0.144 e. The van der Waals surface area contributed by atoms with Gasteiger partial charge in [0.05, 0.1) is 10.0 Å². The van der Waals surface area contributed by atoms with Crippen LogP contribution in [0.25, 0.3) is 11.3 Å². The maximum absolute atomic E-state index is 6.54. The zero-order valence-corrected chi connectivity index (χ0v) is 21.0. The molecule has 1 atom stereocenters. The van der Waals surface area contributed by atoms with Crippen molar-refractivity contribution < 1.29 is 4.52 Å². The summed E-state index contributed by atoms with van der Waals surface area (Å²) in [6, 6.07) is 15.0. The zero-order valence-electron chi connectivity index (χ0n) is 19.5. The summed E-state index contributed by atoms with van der Waals surface area (Å²) in [6.45, 7) is 10.6. The molecule has 2 aromatic carbocycles. The molecule has 0 radical (unpaired) electrons. The third kappa shape index (κ3) is 4.66. The van der Waals surface area contributed by atoms with Gasteiger partial charge >= 0.3 is 0 Å². The summed E-state index contributed by atoms with van der Waals surface area (Å²) >= 11 is 13.1. The van der Waals surface area contributed by atoms with Crippen LogP contribution in [0.3, 0.4) is 0 Å². The van der Waals surface area contributed by atoms with Crippen molar-refractivity contribution in [2.75, 3.05) is 24.5 Å². The van der Waals surface area contributed by atoms with Gasteiger partial charge in [0.1, 0.15) is 11.5 Å². The number of nitrogens with zero attached hydrogens (tertiary/aromatic N) is 3. The molecular formula is C27H31Cl2N3O. The second-order valence-electron chi connectivity index (χ2n) is 9.77. The van der Waals surface area contributed by atoms with Crippen molar-refractivity contribution in [1.82, 2.24) is 10.1 Å². The van der Waals surface area contributed by atoms with Gasteiger partial charge in [0.15, 0.2) is 0 Å². The van der Waals surface area contributed by atoms with E-state index in [9.17, 15) is 0 Å². The second-order valence-corrected chi connectivity index (χ2v) is 10.6. The van der Waals surface area contributed by atoms with E-state index in [0.717, 1.165) is 61.6 Å². The normalized spacial score (nSPS) is 19.5. The Bertz CT molecular complexity index is 1120. The fourth-order valence-corrected chi connectivity index (χ4v) is 5.48. The van der Waals surface area contributed by atoms with Crippen molar-refractivity contribution in [3.8, 4) is 11.3 Å². The minimum absolute atomic E-state index is 0.415. The molecule has 5 rings (SSSR count). The Morgan fingerprint density at radius 3 is 2.45 bits per heavy atom. The highest BCUT2D eigenvalue weighted by atomic mass is 35.5. The lowest BCUT2D eigenvalue weighted by atomic mass is 10.0. The number of benzene rings is 2. The molecule has 4 nitrogen and oxygen atoms in total. The lowest BCUT2D eigenvalue weighted by molar-refractivity contribution is 0.219. The molecule has 2 aliphatic rings. The summed E-state index contributed by atoms with van der Waals surface area (Å²) in [5.74, 6) is 2.02. The Kier molecular flexibility index (Phi) is 6.43. The summed E-state index contributed by atoms with van der Waals surface area (Å²) in [5.41, 5.74) is 5.44. The molecule has 174 valence electrons. The van der Waals surface area contributed by atoms with Gasteiger partial charge in [-0.1, -0.05) is 60.4 Å². The monoisotopic (exact) mass is 483 g/mol. The Labute approximate surface area is 206 Å². The third-order valence-electron chi connectivity index (χ3n) is 6.93. The third-order valence-corrected chi connectivity index (χ3v) is 7.56. The molecule has 1 saturated heterocycles. The van der Waals surface area contributed by atoms with E-state index in [1.807, 2.05) is 18.2 Å². The summed E-state index contributed by atoms with van der Waals surface area (Å²) < 4.78 is 5.87. The van der Waals surface area contributed by atoms with Crippen LogP contribution in [-0.4, -0.2) is 35.7 Å². The maximum atomic E-state index is 6.54. The van der Waals surface area contributed by atoms with Crippen LogP contribution in [-0.2, 0) is 6.54 Å². The van der Waals surface area contributed by atoms with E-state index in [2.05, 4.69) is 60.0 Å². The minimum atomic E-state index is 0.415. The number of rotatable bonds is 6. The molecule has 0 unspecified atom stereocenters. The van der Waals surface area contributed by atoms with Gasteiger partial charge in [0.2, 0.25) is 0 Å². The molecule has 1 aliphatic carbocycles. The standard InChI is InChI=1S/C27H31Cl2N3O/c1-17(2)20-6-4-7-21(14-20)32-13-12-31(15-18(32)3)16-22-26(30-33-27(22)19-10-11-19)25-23(28)8-5-9-24(25)29/h4-9,14,17-19H,10-13,15-16H2,1-3H3/t18-/m0/s1. The molecule has 3 aromatic rings. The van der Waals surface area contributed by atoms with Gasteiger partial charge in [-0.3, -0.25) is 4.90 Å². The predicted octanol–water partition coefficient (Wildman–Crippen LogP) is 7.36. The quantitative estimate of drug-likeness (QED) is 0.366. The van der Waals surface area contributed by atoms with Crippen molar-refractivity contribution in [3.05, 3.63) is 69.4 Å². The van der Waals surface area contributed by atoms with E-state index in [0.29, 0.717) is 27.9 Å². The van der Waals surface area contributed by atoms with E-state index in [1.54, 1.807) is 0 Å². The number of hydrogen-bond acceptors (Lipinski definition) is 4. The molecule has 0 N–H and O–H groups in total. The zero-order chi connectivity index (χ0) is 23.1. The first-order valence-electron chi connectivity index (χ1n) is 11.9. The van der Waals surface area contributed by atoms with Crippen LogP contribution in [0.15, 0.2) is 47.0 Å². The topological polar surface area (TPSA) is 32.5 Å². The lowest BCUT2D eigenvalue weighted by Gasteiger charge is -2.41. The molecule has 2 heterocycles. The molecule has 1 aliphatic heterocycles. The molecule has 0 spiro atoms. The van der Waals surface area contributed by atoms with Crippen molar-refractivity contribution in [2.24, 2.45) is 0 Å². The second kappa shape index (κ2) is 9.32. The van der Waals surface area contributed by atoms with Crippen LogP contribution < -0.4 is 4.90 Å². The molecule has 2 fully saturated rings. The predicted molar refractivity (Wildman–Crippen MR) is 137 cm³/mol. The van der Waals surface area contributed by atoms with Crippen LogP contribution in [0, 0.1) is 0 Å². The van der Waals surface area contributed by atoms with Crippen molar-refractivity contribution >= 4 is 28.9 Å². The van der Waals surface area contributed by atoms with Gasteiger partial charge in [0, 0.05) is 55.0 Å². The van der Waals surface area contributed by atoms with E-state index < -0.39 is 0 Å². The summed E-state index contributed by atoms with van der Waals surface area (Å²) in [6.07, 6.45) is 2.32. The van der Waals surface area contributed by atoms with Crippen LogP contribution in [0.5, 0.6) is 0 Å². The highest BCUT2D eigenvalue weighted by Gasteiger charge is 2.35. The first-order valence-corrected chi connectivity index (χ1v) is 12.7. The fourth-order valence-electron chi connectivity index (χ4n) is 4.91. The number of piperazine rings is 1. The van der Waals surface area contributed by atoms with Gasteiger partial charge in [0.25, 0.3) is 0 Å². The highest BCUT2D eigenvalue weighted by molar-refractivity contribution is 6.39.